The third-order valence-electron chi connectivity index (χ3n) is 2.50. The van der Waals surface area contributed by atoms with E-state index in [1.165, 1.54) is 0 Å². The SMILES string of the molecule is CCCOCCOCCOC(=O)Cc1[nH]cc[n+]1C.F[B-](F)(F)F. The second-order valence-electron chi connectivity index (χ2n) is 4.63. The maximum atomic E-state index is 11.5. The van der Waals surface area contributed by atoms with E-state index in [0.717, 1.165) is 18.9 Å². The lowest BCUT2D eigenvalue weighted by molar-refractivity contribution is -0.677. The first-order valence-electron chi connectivity index (χ1n) is 7.44. The number of hydrogen-bond donors (Lipinski definition) is 1. The van der Waals surface area contributed by atoms with Gasteiger partial charge in [0.05, 0.1) is 26.9 Å². The maximum Gasteiger partial charge on any atom is 0.673 e. The third-order valence-corrected chi connectivity index (χ3v) is 2.50. The number of ether oxygens (including phenoxy) is 3. The predicted octanol–water partition coefficient (Wildman–Crippen LogP) is 1.67. The molecule has 0 saturated carbocycles. The van der Waals surface area contributed by atoms with Gasteiger partial charge in [-0.25, -0.2) is 9.55 Å². The van der Waals surface area contributed by atoms with Crippen LogP contribution in [0.5, 0.6) is 0 Å². The zero-order valence-electron chi connectivity index (χ0n) is 13.8. The number of hydrogen-bond acceptors (Lipinski definition) is 4. The largest absolute Gasteiger partial charge is 0.673 e. The standard InChI is InChI=1S/C13H22N2O4.BF4/c1-3-6-17-7-8-18-9-10-19-13(16)11-12-14-4-5-15(12)2;2-1(3,4)5/h4-5H,3,6-11H2,1-2H3;/q;-1/p+1. The van der Waals surface area contributed by atoms with E-state index in [0.29, 0.717) is 19.8 Å². The molecule has 1 N–H and O–H groups in total. The van der Waals surface area contributed by atoms with Gasteiger partial charge in [0.2, 0.25) is 0 Å². The predicted molar refractivity (Wildman–Crippen MR) is 78.7 cm³/mol. The number of esters is 1. The smallest absolute Gasteiger partial charge is 0.463 e. The molecule has 0 radical (unpaired) electrons. The Kier molecular flexibility index (Phi) is 11.9. The number of H-pyrrole nitrogens is 1. The van der Waals surface area contributed by atoms with E-state index in [-0.39, 0.29) is 19.0 Å². The molecule has 0 spiro atoms. The Morgan fingerprint density at radius 1 is 1.12 bits per heavy atom. The Balaban J connectivity index is 0.000000922. The zero-order chi connectivity index (χ0) is 18.4. The molecule has 0 aromatic carbocycles. The number of carbonyl (C=O) groups is 1. The summed E-state index contributed by atoms with van der Waals surface area (Å²) in [7, 11) is -4.13. The second-order valence-corrected chi connectivity index (χ2v) is 4.63. The van der Waals surface area contributed by atoms with Crippen molar-refractivity contribution in [2.45, 2.75) is 19.8 Å². The van der Waals surface area contributed by atoms with Gasteiger partial charge < -0.3 is 31.5 Å². The van der Waals surface area contributed by atoms with E-state index in [4.69, 9.17) is 14.2 Å². The third kappa shape index (κ3) is 15.3. The average Bonchev–Trinajstić information content (AvgIpc) is 2.85. The van der Waals surface area contributed by atoms with Crippen LogP contribution >= 0.6 is 0 Å². The fraction of sp³-hybridized carbons (Fsp3) is 0.692. The molecule has 1 aromatic rings. The lowest BCUT2D eigenvalue weighted by Gasteiger charge is -2.05. The molecular formula is C13H23BF4N2O4. The lowest BCUT2D eigenvalue weighted by Crippen LogP contribution is -2.32. The molecule has 1 aromatic heterocycles. The Morgan fingerprint density at radius 3 is 2.17 bits per heavy atom. The number of nitrogens with one attached hydrogen (secondary N) is 1. The van der Waals surface area contributed by atoms with Gasteiger partial charge in [0, 0.05) is 6.61 Å². The molecule has 1 rings (SSSR count). The molecule has 1 heterocycles. The molecule has 11 heteroatoms. The zero-order valence-corrected chi connectivity index (χ0v) is 13.8. The molecule has 0 aliphatic heterocycles. The number of nitrogens with zero attached hydrogens (tertiary/aromatic N) is 1. The van der Waals surface area contributed by atoms with Gasteiger partial charge in [-0.1, -0.05) is 6.92 Å². The summed E-state index contributed by atoms with van der Waals surface area (Å²) in [5, 5.41) is 0. The summed E-state index contributed by atoms with van der Waals surface area (Å²) >= 11 is 0. The van der Waals surface area contributed by atoms with Gasteiger partial charge in [0.25, 0.3) is 5.82 Å². The van der Waals surface area contributed by atoms with Gasteiger partial charge in [0.1, 0.15) is 25.4 Å². The van der Waals surface area contributed by atoms with Gasteiger partial charge >= 0.3 is 13.2 Å². The maximum absolute atomic E-state index is 11.5. The summed E-state index contributed by atoms with van der Waals surface area (Å²) in [5.74, 6) is 0.558. The molecule has 0 fully saturated rings. The van der Waals surface area contributed by atoms with E-state index < -0.39 is 7.25 Å². The van der Waals surface area contributed by atoms with Gasteiger partial charge in [-0.3, -0.25) is 4.79 Å². The lowest BCUT2D eigenvalue weighted by atomic mass is 10.3. The van der Waals surface area contributed by atoms with Crippen LogP contribution in [-0.4, -0.2) is 51.2 Å². The number of aromatic amines is 1. The number of rotatable bonds is 10. The molecule has 0 aliphatic carbocycles. The molecule has 6 nitrogen and oxygen atoms in total. The summed E-state index contributed by atoms with van der Waals surface area (Å²) in [6.07, 6.45) is 4.88. The van der Waals surface area contributed by atoms with Crippen LogP contribution in [0.2, 0.25) is 0 Å². The van der Waals surface area contributed by atoms with Crippen LogP contribution < -0.4 is 4.57 Å². The minimum Gasteiger partial charge on any atom is -0.463 e. The Hall–Kier alpha value is -1.62. The highest BCUT2D eigenvalue weighted by Gasteiger charge is 2.20. The molecule has 0 atom stereocenters. The highest BCUT2D eigenvalue weighted by atomic mass is 19.5. The van der Waals surface area contributed by atoms with Crippen molar-refractivity contribution in [3.63, 3.8) is 0 Å². The molecule has 0 saturated heterocycles. The molecule has 0 bridgehead atoms. The molecule has 0 unspecified atom stereocenters. The van der Waals surface area contributed by atoms with E-state index >= 15 is 0 Å². The number of carbonyl (C=O) groups excluding carboxylic acids is 1. The van der Waals surface area contributed by atoms with Crippen molar-refractivity contribution in [3.05, 3.63) is 18.2 Å². The molecule has 0 amide bonds. The van der Waals surface area contributed by atoms with Crippen molar-refractivity contribution in [3.8, 4) is 0 Å². The fourth-order valence-electron chi connectivity index (χ4n) is 1.48. The quantitative estimate of drug-likeness (QED) is 0.227. The molecular weight excluding hydrogens is 335 g/mol. The highest BCUT2D eigenvalue weighted by molar-refractivity contribution is 6.50. The fourth-order valence-corrected chi connectivity index (χ4v) is 1.48. The Morgan fingerprint density at radius 2 is 1.67 bits per heavy atom. The topological polar surface area (TPSA) is 64.4 Å². The normalized spacial score (nSPS) is 10.9. The van der Waals surface area contributed by atoms with Crippen molar-refractivity contribution in [2.75, 3.05) is 33.0 Å². The monoisotopic (exact) mass is 358 g/mol. The minimum absolute atomic E-state index is 0.239. The first-order valence-corrected chi connectivity index (χ1v) is 7.44. The van der Waals surface area contributed by atoms with E-state index in [9.17, 15) is 22.1 Å². The van der Waals surface area contributed by atoms with Crippen molar-refractivity contribution in [2.24, 2.45) is 7.05 Å². The first-order chi connectivity index (χ1) is 11.2. The molecule has 0 aliphatic rings. The number of aromatic nitrogens is 2. The van der Waals surface area contributed by atoms with Crippen LogP contribution in [0.25, 0.3) is 0 Å². The van der Waals surface area contributed by atoms with Crippen molar-refractivity contribution in [1.82, 2.24) is 4.98 Å². The van der Waals surface area contributed by atoms with Crippen molar-refractivity contribution < 1.29 is 40.8 Å². The van der Waals surface area contributed by atoms with Crippen LogP contribution in [0, 0.1) is 0 Å². The number of halogens is 4. The van der Waals surface area contributed by atoms with Crippen LogP contribution in [0.3, 0.4) is 0 Å². The number of imidazole rings is 1. The van der Waals surface area contributed by atoms with Gasteiger partial charge in [-0.05, 0) is 6.42 Å². The van der Waals surface area contributed by atoms with Crippen molar-refractivity contribution >= 4 is 13.2 Å². The van der Waals surface area contributed by atoms with E-state index in [2.05, 4.69) is 11.9 Å². The average molecular weight is 358 g/mol. The Bertz CT molecular complexity index is 451. The summed E-state index contributed by atoms with van der Waals surface area (Å²) in [6, 6.07) is 0. The van der Waals surface area contributed by atoms with Crippen LogP contribution in [0.4, 0.5) is 17.3 Å². The summed E-state index contributed by atoms with van der Waals surface area (Å²) in [6.45, 7) is 4.61. The van der Waals surface area contributed by atoms with Crippen LogP contribution in [-0.2, 0) is 32.5 Å². The van der Waals surface area contributed by atoms with E-state index in [1.807, 2.05) is 17.8 Å². The highest BCUT2D eigenvalue weighted by Crippen LogP contribution is 2.06. The second kappa shape index (κ2) is 12.8. The Labute approximate surface area is 138 Å². The molecule has 140 valence electrons. The molecule has 24 heavy (non-hydrogen) atoms. The van der Waals surface area contributed by atoms with Crippen LogP contribution in [0.1, 0.15) is 19.2 Å². The summed E-state index contributed by atoms with van der Waals surface area (Å²) in [4.78, 5) is 14.5. The first kappa shape index (κ1) is 22.4. The van der Waals surface area contributed by atoms with Crippen LogP contribution in [0.15, 0.2) is 12.4 Å². The van der Waals surface area contributed by atoms with E-state index in [1.54, 1.807) is 6.20 Å². The minimum atomic E-state index is -6.00. The summed E-state index contributed by atoms with van der Waals surface area (Å²) in [5.41, 5.74) is 0. The van der Waals surface area contributed by atoms with Crippen molar-refractivity contribution in [1.29, 1.82) is 0 Å². The van der Waals surface area contributed by atoms with Gasteiger partial charge in [0.15, 0.2) is 0 Å². The number of aryl methyl sites for hydroxylation is 1. The van der Waals surface area contributed by atoms with Gasteiger partial charge in [-0.15, -0.1) is 0 Å². The summed E-state index contributed by atoms with van der Waals surface area (Å²) < 4.78 is 56.4. The van der Waals surface area contributed by atoms with Gasteiger partial charge in [-0.2, -0.15) is 0 Å².